The normalized spacial score (nSPS) is 10.6. The minimum atomic E-state index is -1.47. The van der Waals surface area contributed by atoms with Gasteiger partial charge in [0.1, 0.15) is 11.3 Å². The molecule has 0 amide bonds. The summed E-state index contributed by atoms with van der Waals surface area (Å²) in [5.74, 6) is -1.23. The topological polar surface area (TPSA) is 74.7 Å². The number of carbonyl (C=O) groups is 2. The summed E-state index contributed by atoms with van der Waals surface area (Å²) in [7, 11) is 0. The summed E-state index contributed by atoms with van der Waals surface area (Å²) in [5.41, 5.74) is 1.38. The van der Waals surface area contributed by atoms with Crippen LogP contribution >= 0.6 is 0 Å². The Kier molecular flexibility index (Phi) is 5.51. The Labute approximate surface area is 134 Å². The highest BCUT2D eigenvalue weighted by Crippen LogP contribution is 2.25. The van der Waals surface area contributed by atoms with Crippen molar-refractivity contribution in [2.75, 3.05) is 13.2 Å². The first kappa shape index (κ1) is 16.7. The third-order valence-corrected chi connectivity index (χ3v) is 3.07. The number of fused-ring (bicyclic) bond motifs is 1. The number of ether oxygens (including phenoxy) is 3. The molecule has 6 heteroatoms. The number of para-hydroxylation sites is 1. The zero-order valence-electron chi connectivity index (χ0n) is 13.4. The van der Waals surface area contributed by atoms with Crippen molar-refractivity contribution in [3.63, 3.8) is 0 Å². The quantitative estimate of drug-likeness (QED) is 0.601. The minimum Gasteiger partial charge on any atom is -0.464 e. The molecule has 1 aromatic carbocycles. The van der Waals surface area contributed by atoms with Crippen LogP contribution < -0.4 is 4.74 Å². The highest BCUT2D eigenvalue weighted by molar-refractivity contribution is 5.99. The van der Waals surface area contributed by atoms with Crippen LogP contribution in [0.5, 0.6) is 5.75 Å². The lowest BCUT2D eigenvalue weighted by Gasteiger charge is -2.17. The summed E-state index contributed by atoms with van der Waals surface area (Å²) in [4.78, 5) is 28.4. The standard InChI is InChI=1S/C17H19NO5/c1-4-21-16(19)15(17(20)22-5-2)23-13-8-6-7-12-10-9-11(3)18-14(12)13/h6-10,15H,4-5H2,1-3H3. The second kappa shape index (κ2) is 7.58. The molecule has 1 aromatic heterocycles. The SMILES string of the molecule is CCOC(=O)C(Oc1cccc2ccc(C)nc12)C(=O)OCC. The molecule has 2 aromatic rings. The van der Waals surface area contributed by atoms with E-state index < -0.39 is 18.0 Å². The lowest BCUT2D eigenvalue weighted by Crippen LogP contribution is -2.38. The molecule has 122 valence electrons. The number of hydrogen-bond acceptors (Lipinski definition) is 6. The molecule has 0 atom stereocenters. The number of benzene rings is 1. The molecular formula is C17H19NO5. The van der Waals surface area contributed by atoms with Crippen LogP contribution in [-0.2, 0) is 19.1 Å². The van der Waals surface area contributed by atoms with Crippen LogP contribution in [0, 0.1) is 6.92 Å². The van der Waals surface area contributed by atoms with E-state index >= 15 is 0 Å². The molecule has 0 spiro atoms. The lowest BCUT2D eigenvalue weighted by atomic mass is 10.2. The maximum Gasteiger partial charge on any atom is 0.359 e. The highest BCUT2D eigenvalue weighted by atomic mass is 16.6. The summed E-state index contributed by atoms with van der Waals surface area (Å²) in [6.45, 7) is 5.45. The smallest absolute Gasteiger partial charge is 0.359 e. The second-order valence-electron chi connectivity index (χ2n) is 4.78. The summed E-state index contributed by atoms with van der Waals surface area (Å²) in [6, 6.07) is 9.06. The second-order valence-corrected chi connectivity index (χ2v) is 4.78. The average molecular weight is 317 g/mol. The van der Waals surface area contributed by atoms with Gasteiger partial charge in [0.2, 0.25) is 0 Å². The number of carbonyl (C=O) groups excluding carboxylic acids is 2. The van der Waals surface area contributed by atoms with Crippen LogP contribution in [0.15, 0.2) is 30.3 Å². The van der Waals surface area contributed by atoms with Gasteiger partial charge in [0.25, 0.3) is 6.10 Å². The van der Waals surface area contributed by atoms with E-state index in [2.05, 4.69) is 4.98 Å². The van der Waals surface area contributed by atoms with Gasteiger partial charge >= 0.3 is 11.9 Å². The molecule has 0 aliphatic carbocycles. The number of aryl methyl sites for hydroxylation is 1. The van der Waals surface area contributed by atoms with Crippen molar-refractivity contribution in [1.82, 2.24) is 4.98 Å². The third-order valence-electron chi connectivity index (χ3n) is 3.07. The maximum absolute atomic E-state index is 12.0. The molecule has 0 fully saturated rings. The summed E-state index contributed by atoms with van der Waals surface area (Å²) >= 11 is 0. The van der Waals surface area contributed by atoms with Crippen molar-refractivity contribution in [1.29, 1.82) is 0 Å². The van der Waals surface area contributed by atoms with E-state index in [0.717, 1.165) is 11.1 Å². The molecule has 0 aliphatic rings. The van der Waals surface area contributed by atoms with Gasteiger partial charge < -0.3 is 14.2 Å². The molecule has 0 saturated carbocycles. The first-order valence-corrected chi connectivity index (χ1v) is 7.43. The summed E-state index contributed by atoms with van der Waals surface area (Å²) < 4.78 is 15.4. The third kappa shape index (κ3) is 3.97. The number of rotatable bonds is 6. The molecule has 6 nitrogen and oxygen atoms in total. The van der Waals surface area contributed by atoms with Crippen molar-refractivity contribution < 1.29 is 23.8 Å². The molecule has 0 bridgehead atoms. The van der Waals surface area contributed by atoms with Crippen molar-refractivity contribution >= 4 is 22.8 Å². The summed E-state index contributed by atoms with van der Waals surface area (Å²) in [6.07, 6.45) is -1.47. The molecule has 0 N–H and O–H groups in total. The Balaban J connectivity index is 2.37. The molecule has 1 heterocycles. The van der Waals surface area contributed by atoms with E-state index in [1.807, 2.05) is 25.1 Å². The van der Waals surface area contributed by atoms with Crippen molar-refractivity contribution in [2.45, 2.75) is 26.9 Å². The number of esters is 2. The summed E-state index contributed by atoms with van der Waals surface area (Å²) in [5, 5.41) is 0.847. The molecule has 2 rings (SSSR count). The van der Waals surface area contributed by atoms with Gasteiger partial charge in [-0.25, -0.2) is 14.6 Å². The Morgan fingerprint density at radius 3 is 2.30 bits per heavy atom. The zero-order valence-corrected chi connectivity index (χ0v) is 13.4. The van der Waals surface area contributed by atoms with Crippen molar-refractivity contribution in [2.24, 2.45) is 0 Å². The van der Waals surface area contributed by atoms with Crippen LogP contribution in [0.2, 0.25) is 0 Å². The highest BCUT2D eigenvalue weighted by Gasteiger charge is 2.32. The Morgan fingerprint density at radius 1 is 1.04 bits per heavy atom. The van der Waals surface area contributed by atoms with Gasteiger partial charge in [-0.2, -0.15) is 0 Å². The van der Waals surface area contributed by atoms with Crippen LogP contribution in [0.4, 0.5) is 0 Å². The molecular weight excluding hydrogens is 298 g/mol. The first-order chi connectivity index (χ1) is 11.1. The molecule has 0 aliphatic heterocycles. The van der Waals surface area contributed by atoms with Gasteiger partial charge in [-0.05, 0) is 32.9 Å². The monoisotopic (exact) mass is 317 g/mol. The predicted octanol–water partition coefficient (Wildman–Crippen LogP) is 2.42. The fourth-order valence-electron chi connectivity index (χ4n) is 2.07. The molecule has 0 saturated heterocycles. The molecule has 0 unspecified atom stereocenters. The van der Waals surface area contributed by atoms with Gasteiger partial charge in [-0.3, -0.25) is 0 Å². The van der Waals surface area contributed by atoms with Gasteiger partial charge in [-0.15, -0.1) is 0 Å². The number of aromatic nitrogens is 1. The lowest BCUT2D eigenvalue weighted by molar-refractivity contribution is -0.166. The zero-order chi connectivity index (χ0) is 16.8. The van der Waals surface area contributed by atoms with Crippen LogP contribution in [0.3, 0.4) is 0 Å². The number of hydrogen-bond donors (Lipinski definition) is 0. The Bertz CT molecular complexity index is 695. The van der Waals surface area contributed by atoms with Crippen LogP contribution in [0.1, 0.15) is 19.5 Å². The van der Waals surface area contributed by atoms with E-state index in [1.165, 1.54) is 0 Å². The van der Waals surface area contributed by atoms with E-state index in [4.69, 9.17) is 14.2 Å². The van der Waals surface area contributed by atoms with Crippen molar-refractivity contribution in [3.05, 3.63) is 36.0 Å². The van der Waals surface area contributed by atoms with Gasteiger partial charge in [0, 0.05) is 11.1 Å². The Hall–Kier alpha value is -2.63. The van der Waals surface area contributed by atoms with Gasteiger partial charge in [-0.1, -0.05) is 18.2 Å². The van der Waals surface area contributed by atoms with E-state index in [1.54, 1.807) is 26.0 Å². The first-order valence-electron chi connectivity index (χ1n) is 7.43. The van der Waals surface area contributed by atoms with Crippen LogP contribution in [-0.4, -0.2) is 36.2 Å². The molecule has 0 radical (unpaired) electrons. The largest absolute Gasteiger partial charge is 0.464 e. The van der Waals surface area contributed by atoms with Gasteiger partial charge in [0.15, 0.2) is 0 Å². The van der Waals surface area contributed by atoms with Crippen LogP contribution in [0.25, 0.3) is 10.9 Å². The van der Waals surface area contributed by atoms with E-state index in [0.29, 0.717) is 11.3 Å². The fourth-order valence-corrected chi connectivity index (χ4v) is 2.07. The molecule has 23 heavy (non-hydrogen) atoms. The van der Waals surface area contributed by atoms with Gasteiger partial charge in [0.05, 0.1) is 13.2 Å². The Morgan fingerprint density at radius 2 is 1.70 bits per heavy atom. The average Bonchev–Trinajstić information content (AvgIpc) is 2.53. The van der Waals surface area contributed by atoms with E-state index in [9.17, 15) is 9.59 Å². The number of pyridine rings is 1. The van der Waals surface area contributed by atoms with Crippen molar-refractivity contribution in [3.8, 4) is 5.75 Å². The maximum atomic E-state index is 12.0. The fraction of sp³-hybridized carbons (Fsp3) is 0.353. The number of nitrogens with zero attached hydrogens (tertiary/aromatic N) is 1. The minimum absolute atomic E-state index is 0.144. The van der Waals surface area contributed by atoms with E-state index in [-0.39, 0.29) is 13.2 Å². The predicted molar refractivity (Wildman–Crippen MR) is 84.2 cm³/mol.